The summed E-state index contributed by atoms with van der Waals surface area (Å²) in [5.74, 6) is 2.13. The molecule has 1 saturated heterocycles. The van der Waals surface area contributed by atoms with Gasteiger partial charge in [-0.15, -0.1) is 0 Å². The van der Waals surface area contributed by atoms with Crippen LogP contribution in [0.4, 0.5) is 5.69 Å². The average Bonchev–Trinajstić information content (AvgIpc) is 3.34. The number of hydrogen-bond donors (Lipinski definition) is 1. The number of hydrogen-bond acceptors (Lipinski definition) is 5. The van der Waals surface area contributed by atoms with Gasteiger partial charge in [0.05, 0.1) is 4.91 Å². The average molecular weight is 437 g/mol. The molecule has 6 heteroatoms. The minimum absolute atomic E-state index is 0.110. The van der Waals surface area contributed by atoms with Crippen LogP contribution in [0.3, 0.4) is 0 Å². The zero-order valence-electron chi connectivity index (χ0n) is 18.0. The quantitative estimate of drug-likeness (QED) is 0.631. The standard InChI is InChI=1S/C25H28N2O3S/c1-16-8-6-7-11-20(16)27-24(28)23(31-25(27)26-19-9-4-3-5-10-19)14-18-13-22-21(12-17(18)2)29-15-30-22/h3-5,9-10,12-14,16,20,25-26H,6-8,11,15H2,1-2H3/b23-14-/t16-,20-,25?/m0/s1. The molecular weight excluding hydrogens is 408 g/mol. The fraction of sp³-hybridized carbons (Fsp3) is 0.400. The third-order valence-corrected chi connectivity index (χ3v) is 7.59. The molecule has 2 heterocycles. The Labute approximate surface area is 187 Å². The van der Waals surface area contributed by atoms with E-state index in [9.17, 15) is 4.79 Å². The first-order valence-corrected chi connectivity index (χ1v) is 11.9. The number of rotatable bonds is 4. The number of amides is 1. The largest absolute Gasteiger partial charge is 0.454 e. The molecule has 1 amide bonds. The molecule has 2 aromatic carbocycles. The SMILES string of the molecule is Cc1cc2c(cc1/C=C1\SC(Nc3ccccc3)N([C@H]3CCCC[C@@H]3C)C1=O)OCO2. The fourth-order valence-corrected chi connectivity index (χ4v) is 5.93. The fourth-order valence-electron chi connectivity index (χ4n) is 4.72. The van der Waals surface area contributed by atoms with Gasteiger partial charge in [-0.25, -0.2) is 0 Å². The summed E-state index contributed by atoms with van der Waals surface area (Å²) < 4.78 is 11.0. The molecule has 1 N–H and O–H groups in total. The highest BCUT2D eigenvalue weighted by Crippen LogP contribution is 2.43. The maximum atomic E-state index is 13.6. The van der Waals surface area contributed by atoms with Crippen molar-refractivity contribution < 1.29 is 14.3 Å². The molecule has 0 radical (unpaired) electrons. The molecule has 1 aliphatic carbocycles. The smallest absolute Gasteiger partial charge is 0.262 e. The van der Waals surface area contributed by atoms with Crippen LogP contribution < -0.4 is 14.8 Å². The Morgan fingerprint density at radius 1 is 1.10 bits per heavy atom. The minimum atomic E-state index is -0.110. The van der Waals surface area contributed by atoms with E-state index in [2.05, 4.69) is 29.3 Å². The van der Waals surface area contributed by atoms with E-state index in [1.807, 2.05) is 43.3 Å². The Morgan fingerprint density at radius 3 is 2.61 bits per heavy atom. The van der Waals surface area contributed by atoms with E-state index in [1.165, 1.54) is 19.3 Å². The van der Waals surface area contributed by atoms with Crippen LogP contribution in [0.15, 0.2) is 47.4 Å². The number of benzene rings is 2. The lowest BCUT2D eigenvalue weighted by atomic mass is 9.85. The maximum Gasteiger partial charge on any atom is 0.262 e. The van der Waals surface area contributed by atoms with E-state index in [1.54, 1.807) is 11.8 Å². The number of anilines is 1. The molecule has 1 unspecified atom stereocenters. The van der Waals surface area contributed by atoms with Crippen molar-refractivity contribution in [3.05, 3.63) is 58.5 Å². The van der Waals surface area contributed by atoms with Gasteiger partial charge in [0.15, 0.2) is 17.0 Å². The second-order valence-electron chi connectivity index (χ2n) is 8.59. The van der Waals surface area contributed by atoms with E-state index in [0.29, 0.717) is 5.92 Å². The predicted molar refractivity (Wildman–Crippen MR) is 125 cm³/mol. The normalized spacial score (nSPS) is 26.5. The molecule has 0 bridgehead atoms. The van der Waals surface area contributed by atoms with Crippen molar-refractivity contribution in [3.63, 3.8) is 0 Å². The second kappa shape index (κ2) is 8.50. The van der Waals surface area contributed by atoms with E-state index in [0.717, 1.165) is 39.6 Å². The number of carbonyl (C=O) groups excluding carboxylic acids is 1. The molecule has 2 aromatic rings. The van der Waals surface area contributed by atoms with Crippen LogP contribution in [0.1, 0.15) is 43.7 Å². The first kappa shape index (κ1) is 20.3. The maximum absolute atomic E-state index is 13.6. The number of nitrogens with one attached hydrogen (secondary N) is 1. The highest BCUT2D eigenvalue weighted by atomic mass is 32.2. The Kier molecular flexibility index (Phi) is 5.57. The van der Waals surface area contributed by atoms with Crippen molar-refractivity contribution in [3.8, 4) is 11.5 Å². The lowest BCUT2D eigenvalue weighted by Crippen LogP contribution is -2.48. The van der Waals surface area contributed by atoms with Crippen LogP contribution >= 0.6 is 11.8 Å². The molecule has 3 atom stereocenters. The van der Waals surface area contributed by atoms with Crippen molar-refractivity contribution in [2.75, 3.05) is 12.1 Å². The number of ether oxygens (including phenoxy) is 2. The van der Waals surface area contributed by atoms with Gasteiger partial charge in [-0.05, 0) is 67.2 Å². The van der Waals surface area contributed by atoms with Crippen LogP contribution in [0.5, 0.6) is 11.5 Å². The lowest BCUT2D eigenvalue weighted by Gasteiger charge is -2.39. The molecule has 2 fully saturated rings. The minimum Gasteiger partial charge on any atom is -0.454 e. The van der Waals surface area contributed by atoms with Gasteiger partial charge in [0.1, 0.15) is 0 Å². The molecule has 5 rings (SSSR count). The zero-order valence-corrected chi connectivity index (χ0v) is 18.8. The van der Waals surface area contributed by atoms with Crippen molar-refractivity contribution >= 4 is 29.4 Å². The summed E-state index contributed by atoms with van der Waals surface area (Å²) in [5, 5.41) is 3.59. The molecule has 0 aromatic heterocycles. The van der Waals surface area contributed by atoms with Gasteiger partial charge in [0.2, 0.25) is 6.79 Å². The number of thioether (sulfide) groups is 1. The summed E-state index contributed by atoms with van der Waals surface area (Å²) in [6.07, 6.45) is 6.69. The van der Waals surface area contributed by atoms with Gasteiger partial charge >= 0.3 is 0 Å². The molecule has 2 aliphatic heterocycles. The summed E-state index contributed by atoms with van der Waals surface area (Å²) in [6, 6.07) is 14.4. The lowest BCUT2D eigenvalue weighted by molar-refractivity contribution is -0.129. The van der Waals surface area contributed by atoms with Crippen LogP contribution in [0.2, 0.25) is 0 Å². The summed E-state index contributed by atoms with van der Waals surface area (Å²) in [5.41, 5.74) is 2.99. The highest BCUT2D eigenvalue weighted by molar-refractivity contribution is 8.05. The number of aryl methyl sites for hydroxylation is 1. The van der Waals surface area contributed by atoms with Crippen LogP contribution in [-0.4, -0.2) is 29.1 Å². The monoisotopic (exact) mass is 436 g/mol. The van der Waals surface area contributed by atoms with Crippen LogP contribution in [-0.2, 0) is 4.79 Å². The van der Waals surface area contributed by atoms with E-state index >= 15 is 0 Å². The first-order valence-electron chi connectivity index (χ1n) is 11.0. The van der Waals surface area contributed by atoms with Crippen molar-refractivity contribution in [2.24, 2.45) is 5.92 Å². The van der Waals surface area contributed by atoms with E-state index < -0.39 is 0 Å². The van der Waals surface area contributed by atoms with Gasteiger partial charge in [0.25, 0.3) is 5.91 Å². The van der Waals surface area contributed by atoms with Gasteiger partial charge < -0.3 is 19.7 Å². The second-order valence-corrected chi connectivity index (χ2v) is 9.71. The van der Waals surface area contributed by atoms with Crippen molar-refractivity contribution in [1.82, 2.24) is 4.90 Å². The Bertz CT molecular complexity index is 1010. The van der Waals surface area contributed by atoms with Crippen molar-refractivity contribution in [2.45, 2.75) is 51.1 Å². The predicted octanol–water partition coefficient (Wildman–Crippen LogP) is 5.61. The van der Waals surface area contributed by atoms with Gasteiger partial charge in [-0.1, -0.05) is 49.7 Å². The van der Waals surface area contributed by atoms with Gasteiger partial charge in [-0.2, -0.15) is 0 Å². The van der Waals surface area contributed by atoms with E-state index in [-0.39, 0.29) is 24.2 Å². The van der Waals surface area contributed by atoms with Crippen molar-refractivity contribution in [1.29, 1.82) is 0 Å². The first-order chi connectivity index (χ1) is 15.1. The molecular formula is C25H28N2O3S. The van der Waals surface area contributed by atoms with E-state index in [4.69, 9.17) is 9.47 Å². The molecule has 31 heavy (non-hydrogen) atoms. The third-order valence-electron chi connectivity index (χ3n) is 6.47. The molecule has 5 nitrogen and oxygen atoms in total. The molecule has 0 spiro atoms. The van der Waals surface area contributed by atoms with Gasteiger partial charge in [0, 0.05) is 11.7 Å². The Hall–Kier alpha value is -2.60. The Balaban J connectivity index is 1.48. The highest BCUT2D eigenvalue weighted by Gasteiger charge is 2.43. The molecule has 1 saturated carbocycles. The summed E-state index contributed by atoms with van der Waals surface area (Å²) in [6.45, 7) is 4.57. The topological polar surface area (TPSA) is 50.8 Å². The molecule has 3 aliphatic rings. The number of para-hydroxylation sites is 1. The van der Waals surface area contributed by atoms with Crippen LogP contribution in [0, 0.1) is 12.8 Å². The van der Waals surface area contributed by atoms with Crippen LogP contribution in [0.25, 0.3) is 6.08 Å². The number of nitrogens with zero attached hydrogens (tertiary/aromatic N) is 1. The summed E-state index contributed by atoms with van der Waals surface area (Å²) in [7, 11) is 0. The third kappa shape index (κ3) is 4.01. The Morgan fingerprint density at radius 2 is 1.84 bits per heavy atom. The summed E-state index contributed by atoms with van der Waals surface area (Å²) >= 11 is 1.61. The number of fused-ring (bicyclic) bond motifs is 1. The summed E-state index contributed by atoms with van der Waals surface area (Å²) in [4.78, 5) is 16.5. The zero-order chi connectivity index (χ0) is 21.4. The van der Waals surface area contributed by atoms with Gasteiger partial charge in [-0.3, -0.25) is 4.79 Å². The molecule has 162 valence electrons. The number of carbonyl (C=O) groups is 1.